The Morgan fingerprint density at radius 3 is 2.72 bits per heavy atom. The smallest absolute Gasteiger partial charge is 0.0116 e. The van der Waals surface area contributed by atoms with Gasteiger partial charge in [-0.15, -0.1) is 11.3 Å². The Balaban J connectivity index is 1.72. The maximum atomic E-state index is 6.39. The first-order valence-corrected chi connectivity index (χ1v) is 8.45. The van der Waals surface area contributed by atoms with E-state index in [1.807, 2.05) is 11.3 Å². The van der Waals surface area contributed by atoms with E-state index in [0.717, 1.165) is 18.3 Å². The average Bonchev–Trinajstić information content (AvgIpc) is 2.89. The van der Waals surface area contributed by atoms with E-state index in [4.69, 9.17) is 5.73 Å². The number of thiophene rings is 1. The number of unbranched alkanes of at least 4 members (excludes halogenated alkanes) is 1. The van der Waals surface area contributed by atoms with Crippen molar-refractivity contribution in [1.29, 1.82) is 0 Å². The summed E-state index contributed by atoms with van der Waals surface area (Å²) in [6.45, 7) is 2.29. The molecule has 18 heavy (non-hydrogen) atoms. The lowest BCUT2D eigenvalue weighted by atomic mass is 9.76. The van der Waals surface area contributed by atoms with E-state index < -0.39 is 0 Å². The van der Waals surface area contributed by atoms with Gasteiger partial charge in [-0.3, -0.25) is 0 Å². The zero-order chi connectivity index (χ0) is 12.8. The van der Waals surface area contributed by atoms with Crippen molar-refractivity contribution in [3.63, 3.8) is 0 Å². The normalized spacial score (nSPS) is 26.1. The van der Waals surface area contributed by atoms with E-state index >= 15 is 0 Å². The van der Waals surface area contributed by atoms with Crippen LogP contribution in [0, 0.1) is 11.8 Å². The topological polar surface area (TPSA) is 26.0 Å². The van der Waals surface area contributed by atoms with Gasteiger partial charge in [0.25, 0.3) is 0 Å². The molecule has 1 aromatic rings. The first kappa shape index (κ1) is 14.1. The van der Waals surface area contributed by atoms with Crippen molar-refractivity contribution in [1.82, 2.24) is 0 Å². The first-order chi connectivity index (χ1) is 8.79. The van der Waals surface area contributed by atoms with Gasteiger partial charge in [0.05, 0.1) is 0 Å². The lowest BCUT2D eigenvalue weighted by Gasteiger charge is -2.32. The van der Waals surface area contributed by atoms with E-state index in [9.17, 15) is 0 Å². The van der Waals surface area contributed by atoms with Gasteiger partial charge >= 0.3 is 0 Å². The van der Waals surface area contributed by atoms with Crippen LogP contribution in [0.15, 0.2) is 17.5 Å². The van der Waals surface area contributed by atoms with Gasteiger partial charge < -0.3 is 5.73 Å². The molecule has 0 aromatic carbocycles. The van der Waals surface area contributed by atoms with Crippen LogP contribution in [0.2, 0.25) is 0 Å². The van der Waals surface area contributed by atoms with E-state index in [1.54, 1.807) is 0 Å². The van der Waals surface area contributed by atoms with Gasteiger partial charge in [0.15, 0.2) is 0 Å². The predicted octanol–water partition coefficient (Wildman–Crippen LogP) is 4.61. The molecule has 2 heteroatoms. The molecule has 1 unspecified atom stereocenters. The fourth-order valence-electron chi connectivity index (χ4n) is 3.23. The molecular weight excluding hydrogens is 238 g/mol. The highest BCUT2D eigenvalue weighted by molar-refractivity contribution is 7.09. The fourth-order valence-corrected chi connectivity index (χ4v) is 4.00. The molecule has 0 aliphatic heterocycles. The van der Waals surface area contributed by atoms with Crippen LogP contribution in [0.1, 0.15) is 56.7 Å². The van der Waals surface area contributed by atoms with Gasteiger partial charge in [0.1, 0.15) is 0 Å². The van der Waals surface area contributed by atoms with Crippen LogP contribution in [0.4, 0.5) is 0 Å². The van der Waals surface area contributed by atoms with Crippen molar-refractivity contribution in [2.24, 2.45) is 17.6 Å². The minimum Gasteiger partial charge on any atom is -0.327 e. The van der Waals surface area contributed by atoms with E-state index in [-0.39, 0.29) is 0 Å². The van der Waals surface area contributed by atoms with Crippen LogP contribution in [-0.2, 0) is 6.42 Å². The van der Waals surface area contributed by atoms with Crippen LogP contribution in [-0.4, -0.2) is 6.04 Å². The molecule has 1 aromatic heterocycles. The molecule has 0 amide bonds. The van der Waals surface area contributed by atoms with Gasteiger partial charge in [-0.25, -0.2) is 0 Å². The summed E-state index contributed by atoms with van der Waals surface area (Å²) in [7, 11) is 0. The lowest BCUT2D eigenvalue weighted by molar-refractivity contribution is 0.231. The Hall–Kier alpha value is -0.340. The fraction of sp³-hybridized carbons (Fsp3) is 0.750. The predicted molar refractivity (Wildman–Crippen MR) is 81.0 cm³/mol. The van der Waals surface area contributed by atoms with Crippen molar-refractivity contribution in [2.75, 3.05) is 0 Å². The van der Waals surface area contributed by atoms with Crippen molar-refractivity contribution in [2.45, 2.75) is 64.3 Å². The quantitative estimate of drug-likeness (QED) is 0.798. The van der Waals surface area contributed by atoms with Crippen LogP contribution in [0.5, 0.6) is 0 Å². The Morgan fingerprint density at radius 2 is 2.11 bits per heavy atom. The van der Waals surface area contributed by atoms with Gasteiger partial charge in [0, 0.05) is 10.9 Å². The largest absolute Gasteiger partial charge is 0.327 e. The van der Waals surface area contributed by atoms with Crippen molar-refractivity contribution in [3.05, 3.63) is 22.4 Å². The SMILES string of the molecule is CCCCC1CCC(C(N)Cc2cccs2)CC1. The Bertz CT molecular complexity index is 312. The molecule has 1 aliphatic carbocycles. The molecule has 1 aliphatic rings. The molecule has 0 spiro atoms. The van der Waals surface area contributed by atoms with E-state index in [2.05, 4.69) is 24.4 Å². The number of nitrogens with two attached hydrogens (primary N) is 1. The second kappa shape index (κ2) is 7.30. The maximum Gasteiger partial charge on any atom is 0.0116 e. The van der Waals surface area contributed by atoms with E-state index in [1.165, 1.54) is 49.8 Å². The van der Waals surface area contributed by atoms with Gasteiger partial charge in [0.2, 0.25) is 0 Å². The summed E-state index contributed by atoms with van der Waals surface area (Å²) in [5, 5.41) is 2.16. The molecule has 0 bridgehead atoms. The van der Waals surface area contributed by atoms with Crippen LogP contribution >= 0.6 is 11.3 Å². The zero-order valence-corrected chi connectivity index (χ0v) is 12.4. The molecule has 0 radical (unpaired) electrons. The lowest BCUT2D eigenvalue weighted by Crippen LogP contribution is -2.34. The minimum absolute atomic E-state index is 0.385. The summed E-state index contributed by atoms with van der Waals surface area (Å²) in [4.78, 5) is 1.45. The Morgan fingerprint density at radius 1 is 1.33 bits per heavy atom. The Labute approximate surface area is 116 Å². The summed E-state index contributed by atoms with van der Waals surface area (Å²) in [5.74, 6) is 1.76. The molecule has 1 fully saturated rings. The second-order valence-corrected chi connectivity index (χ2v) is 6.90. The third kappa shape index (κ3) is 4.10. The van der Waals surface area contributed by atoms with Gasteiger partial charge in [-0.1, -0.05) is 45.1 Å². The van der Waals surface area contributed by atoms with Gasteiger partial charge in [-0.2, -0.15) is 0 Å². The number of hydrogen-bond acceptors (Lipinski definition) is 2. The Kier molecular flexibility index (Phi) is 5.71. The summed E-state index contributed by atoms with van der Waals surface area (Å²) < 4.78 is 0. The third-order valence-electron chi connectivity index (χ3n) is 4.48. The molecule has 102 valence electrons. The average molecular weight is 265 g/mol. The summed E-state index contributed by atoms with van der Waals surface area (Å²) in [6.07, 6.45) is 10.9. The molecule has 2 rings (SSSR count). The zero-order valence-electron chi connectivity index (χ0n) is 11.6. The van der Waals surface area contributed by atoms with Crippen LogP contribution in [0.3, 0.4) is 0 Å². The summed E-state index contributed by atoms with van der Waals surface area (Å²) in [5.41, 5.74) is 6.39. The summed E-state index contributed by atoms with van der Waals surface area (Å²) >= 11 is 1.85. The van der Waals surface area contributed by atoms with Crippen LogP contribution < -0.4 is 5.73 Å². The van der Waals surface area contributed by atoms with Crippen molar-refractivity contribution >= 4 is 11.3 Å². The van der Waals surface area contributed by atoms with Crippen molar-refractivity contribution < 1.29 is 0 Å². The molecule has 2 N–H and O–H groups in total. The molecule has 1 saturated carbocycles. The highest BCUT2D eigenvalue weighted by Gasteiger charge is 2.25. The maximum absolute atomic E-state index is 6.39. The summed E-state index contributed by atoms with van der Waals surface area (Å²) in [6, 6.07) is 4.74. The van der Waals surface area contributed by atoms with E-state index in [0.29, 0.717) is 6.04 Å². The monoisotopic (exact) mass is 265 g/mol. The molecule has 1 atom stereocenters. The molecular formula is C16H27NS. The van der Waals surface area contributed by atoms with Gasteiger partial charge in [-0.05, 0) is 42.5 Å². The van der Waals surface area contributed by atoms with Crippen LogP contribution in [0.25, 0.3) is 0 Å². The number of rotatable bonds is 6. The number of hydrogen-bond donors (Lipinski definition) is 1. The highest BCUT2D eigenvalue weighted by Crippen LogP contribution is 2.34. The molecule has 1 heterocycles. The third-order valence-corrected chi connectivity index (χ3v) is 5.38. The van der Waals surface area contributed by atoms with Crippen molar-refractivity contribution in [3.8, 4) is 0 Å². The first-order valence-electron chi connectivity index (χ1n) is 7.57. The molecule has 0 saturated heterocycles. The standard InChI is InChI=1S/C16H27NS/c1-2-3-5-13-7-9-14(10-8-13)16(17)12-15-6-4-11-18-15/h4,6,11,13-14,16H,2-3,5,7-10,12,17H2,1H3. The molecule has 1 nitrogen and oxygen atoms in total. The highest BCUT2D eigenvalue weighted by atomic mass is 32.1. The second-order valence-electron chi connectivity index (χ2n) is 5.87. The minimum atomic E-state index is 0.385.